The van der Waals surface area contributed by atoms with Crippen LogP contribution < -0.4 is 0 Å². The van der Waals surface area contributed by atoms with E-state index in [0.717, 1.165) is 0 Å². The molecule has 0 N–H and O–H groups in total. The van der Waals surface area contributed by atoms with Crippen molar-refractivity contribution in [2.45, 2.75) is 6.92 Å². The molecule has 0 aromatic heterocycles. The molecule has 0 bridgehead atoms. The molecule has 0 radical (unpaired) electrons. The average Bonchev–Trinajstić information content (AvgIpc) is 2.15. The van der Waals surface area contributed by atoms with E-state index in [9.17, 15) is 27.4 Å². The Hall–Kier alpha value is -2.18. The quantitative estimate of drug-likeness (QED) is 0.251. The van der Waals surface area contributed by atoms with Crippen molar-refractivity contribution < 1.29 is 22.2 Å². The van der Waals surface area contributed by atoms with Gasteiger partial charge in [0.25, 0.3) is 5.69 Å². The average molecular weight is 251 g/mol. The number of nitro benzene ring substituents is 1. The van der Waals surface area contributed by atoms with Crippen molar-refractivity contribution in [3.05, 3.63) is 38.9 Å². The number of diazo groups is 1. The van der Waals surface area contributed by atoms with E-state index < -0.39 is 12.2 Å². The van der Waals surface area contributed by atoms with Crippen molar-refractivity contribution >= 4 is 18.6 Å². The summed E-state index contributed by atoms with van der Waals surface area (Å²) in [5, 5.41) is 18.7. The van der Waals surface area contributed by atoms with Crippen LogP contribution >= 0.6 is 0 Å². The lowest BCUT2D eigenvalue weighted by Crippen LogP contribution is -2.02. The zero-order valence-corrected chi connectivity index (χ0v) is 8.48. The molecule has 1 aromatic carbocycles. The Balaban J connectivity index is 0.000000437. The van der Waals surface area contributed by atoms with E-state index in [1.807, 2.05) is 0 Å². The van der Waals surface area contributed by atoms with E-state index in [0.29, 0.717) is 5.56 Å². The smallest absolute Gasteiger partial charge is 0.418 e. The number of nitro groups is 1. The van der Waals surface area contributed by atoms with E-state index in [1.54, 1.807) is 6.92 Å². The Morgan fingerprint density at radius 3 is 2.18 bits per heavy atom. The van der Waals surface area contributed by atoms with Crippen molar-refractivity contribution in [1.82, 2.24) is 0 Å². The van der Waals surface area contributed by atoms with Crippen LogP contribution in [-0.2, 0) is 0 Å². The van der Waals surface area contributed by atoms with Gasteiger partial charge >= 0.3 is 12.9 Å². The van der Waals surface area contributed by atoms with Crippen molar-refractivity contribution in [2.75, 3.05) is 0 Å². The van der Waals surface area contributed by atoms with Gasteiger partial charge in [-0.25, -0.2) is 0 Å². The minimum Gasteiger partial charge on any atom is -0.418 e. The third-order valence-corrected chi connectivity index (χ3v) is 1.50. The van der Waals surface area contributed by atoms with Crippen molar-refractivity contribution in [3.63, 3.8) is 0 Å². The van der Waals surface area contributed by atoms with E-state index >= 15 is 0 Å². The molecule has 1 rings (SSSR count). The molecular weight excluding hydrogens is 245 g/mol. The molecular formula is C7H6BF4N3O2. The predicted octanol–water partition coefficient (Wildman–Crippen LogP) is 3.69. The fraction of sp³-hybridized carbons (Fsp3) is 0.143. The predicted molar refractivity (Wildman–Crippen MR) is 52.8 cm³/mol. The van der Waals surface area contributed by atoms with Gasteiger partial charge in [0, 0.05) is 11.6 Å². The molecule has 0 unspecified atom stereocenters. The number of nitrogens with zero attached hydrogens (tertiary/aromatic N) is 3. The molecule has 10 heteroatoms. The van der Waals surface area contributed by atoms with Crippen molar-refractivity contribution in [3.8, 4) is 0 Å². The summed E-state index contributed by atoms with van der Waals surface area (Å²) >= 11 is 0. The largest absolute Gasteiger partial charge is 0.673 e. The summed E-state index contributed by atoms with van der Waals surface area (Å²) < 4.78 is 39.0. The van der Waals surface area contributed by atoms with Crippen LogP contribution in [0, 0.1) is 22.4 Å². The van der Waals surface area contributed by atoms with Crippen LogP contribution in [0.15, 0.2) is 18.2 Å². The van der Waals surface area contributed by atoms with E-state index in [-0.39, 0.29) is 11.4 Å². The SMILES string of the molecule is Cc1ccc([N+]#N)cc1[N+](=O)[O-].F[B-](F)(F)F. The monoisotopic (exact) mass is 251 g/mol. The third kappa shape index (κ3) is 6.83. The van der Waals surface area contributed by atoms with Gasteiger partial charge in [-0.2, -0.15) is 0 Å². The molecule has 0 atom stereocenters. The molecule has 0 amide bonds. The highest BCUT2D eigenvalue weighted by molar-refractivity contribution is 6.50. The number of benzene rings is 1. The van der Waals surface area contributed by atoms with E-state index in [2.05, 4.69) is 4.98 Å². The summed E-state index contributed by atoms with van der Waals surface area (Å²) in [6.07, 6.45) is 0. The molecule has 5 nitrogen and oxygen atoms in total. The summed E-state index contributed by atoms with van der Waals surface area (Å²) in [7, 11) is -6.00. The Bertz CT molecular complexity index is 451. The molecule has 0 aliphatic rings. The molecule has 0 spiro atoms. The highest BCUT2D eigenvalue weighted by atomic mass is 19.5. The van der Waals surface area contributed by atoms with Gasteiger partial charge in [0.05, 0.1) is 4.92 Å². The van der Waals surface area contributed by atoms with Crippen LogP contribution in [0.3, 0.4) is 0 Å². The highest BCUT2D eigenvalue weighted by Gasteiger charge is 2.20. The second-order valence-corrected chi connectivity index (χ2v) is 2.82. The van der Waals surface area contributed by atoms with Gasteiger partial charge in [0.2, 0.25) is 5.39 Å². The van der Waals surface area contributed by atoms with Gasteiger partial charge in [-0.1, -0.05) is 0 Å². The summed E-state index contributed by atoms with van der Waals surface area (Å²) in [5.74, 6) is 0. The normalized spacial score (nSPS) is 9.88. The van der Waals surface area contributed by atoms with Gasteiger partial charge in [0.15, 0.2) is 4.98 Å². The maximum atomic E-state index is 10.4. The fourth-order valence-electron chi connectivity index (χ4n) is 0.857. The maximum Gasteiger partial charge on any atom is 0.673 e. The second-order valence-electron chi connectivity index (χ2n) is 2.82. The zero-order valence-electron chi connectivity index (χ0n) is 8.48. The number of rotatable bonds is 1. The first-order valence-corrected chi connectivity index (χ1v) is 4.12. The molecule has 0 saturated heterocycles. The Morgan fingerprint density at radius 1 is 1.35 bits per heavy atom. The molecule has 17 heavy (non-hydrogen) atoms. The standard InChI is InChI=1S/C7H6N3O2.BF4/c1-5-2-3-6(9-8)4-7(5)10(11)12;2-1(3,4)5/h2-4H,1H3;/q+1;-1. The van der Waals surface area contributed by atoms with Crippen LogP contribution in [0.1, 0.15) is 5.56 Å². The molecule has 0 saturated carbocycles. The highest BCUT2D eigenvalue weighted by Crippen LogP contribution is 2.23. The first-order chi connectivity index (χ1) is 7.65. The molecule has 0 heterocycles. The van der Waals surface area contributed by atoms with Gasteiger partial charge in [-0.3, -0.25) is 10.1 Å². The minimum absolute atomic E-state index is 0.0368. The molecule has 92 valence electrons. The van der Waals surface area contributed by atoms with E-state index in [4.69, 9.17) is 5.39 Å². The van der Waals surface area contributed by atoms with Crippen molar-refractivity contribution in [2.24, 2.45) is 0 Å². The molecule has 0 aliphatic heterocycles. The van der Waals surface area contributed by atoms with Gasteiger partial charge in [0.1, 0.15) is 6.07 Å². The first-order valence-electron chi connectivity index (χ1n) is 4.12. The summed E-state index contributed by atoms with van der Waals surface area (Å²) in [4.78, 5) is 12.7. The van der Waals surface area contributed by atoms with E-state index in [1.165, 1.54) is 18.2 Å². The zero-order chi connectivity index (χ0) is 13.6. The summed E-state index contributed by atoms with van der Waals surface area (Å²) in [6, 6.07) is 4.25. The first kappa shape index (κ1) is 14.8. The van der Waals surface area contributed by atoms with Crippen LogP contribution in [0.4, 0.5) is 28.6 Å². The minimum atomic E-state index is -6.00. The van der Waals surface area contributed by atoms with Crippen LogP contribution in [0.5, 0.6) is 0 Å². The Labute approximate surface area is 92.9 Å². The van der Waals surface area contributed by atoms with Gasteiger partial charge < -0.3 is 17.3 Å². The molecule has 1 aromatic rings. The van der Waals surface area contributed by atoms with Crippen LogP contribution in [0.2, 0.25) is 0 Å². The molecule has 0 fully saturated rings. The lowest BCUT2D eigenvalue weighted by molar-refractivity contribution is -0.385. The Kier molecular flexibility index (Phi) is 5.05. The topological polar surface area (TPSA) is 71.3 Å². The lowest BCUT2D eigenvalue weighted by Gasteiger charge is -1.94. The fourth-order valence-corrected chi connectivity index (χ4v) is 0.857. The molecule has 0 aliphatic carbocycles. The maximum absolute atomic E-state index is 10.4. The number of aryl methyl sites for hydroxylation is 1. The third-order valence-electron chi connectivity index (χ3n) is 1.50. The Morgan fingerprint density at radius 2 is 1.82 bits per heavy atom. The lowest BCUT2D eigenvalue weighted by atomic mass is 10.2. The number of halogens is 4. The van der Waals surface area contributed by atoms with Gasteiger partial charge in [-0.15, -0.1) is 0 Å². The van der Waals surface area contributed by atoms with Gasteiger partial charge in [-0.05, 0) is 13.0 Å². The summed E-state index contributed by atoms with van der Waals surface area (Å²) in [5.41, 5.74) is 0.699. The van der Waals surface area contributed by atoms with Crippen LogP contribution in [0.25, 0.3) is 4.98 Å². The summed E-state index contributed by atoms with van der Waals surface area (Å²) in [6.45, 7) is 1.62. The number of hydrogen-bond donors (Lipinski definition) is 0. The number of hydrogen-bond acceptors (Lipinski definition) is 3. The van der Waals surface area contributed by atoms with Crippen LogP contribution in [-0.4, -0.2) is 12.2 Å². The van der Waals surface area contributed by atoms with Crippen molar-refractivity contribution in [1.29, 1.82) is 5.39 Å². The second kappa shape index (κ2) is 5.79.